The Morgan fingerprint density at radius 2 is 2.33 bits per heavy atom. The molecule has 3 nitrogen and oxygen atoms in total. The molecule has 18 heavy (non-hydrogen) atoms. The van der Waals surface area contributed by atoms with E-state index < -0.39 is 0 Å². The minimum absolute atomic E-state index is 0.0839. The first-order chi connectivity index (χ1) is 8.61. The number of ether oxygens (including phenoxy) is 1. The lowest BCUT2D eigenvalue weighted by molar-refractivity contribution is -0.134. The largest absolute Gasteiger partial charge is 0.377 e. The fraction of sp³-hybridized carbons (Fsp3) is 0.308. The summed E-state index contributed by atoms with van der Waals surface area (Å²) in [6, 6.07) is 5.51. The van der Waals surface area contributed by atoms with Gasteiger partial charge in [-0.25, -0.2) is 0 Å². The Hall–Kier alpha value is -0.840. The SMILES string of the molecule is C=CC(=O)N1CCOC[C@H]1c1cc(Cl)cc(Br)c1. The number of carbonyl (C=O) groups excluding carboxylic acids is 1. The Kier molecular flexibility index (Phi) is 4.43. The number of nitrogens with zero attached hydrogens (tertiary/aromatic N) is 1. The average molecular weight is 331 g/mol. The predicted octanol–water partition coefficient (Wildman–Crippen LogP) is 3.19. The number of hydrogen-bond acceptors (Lipinski definition) is 2. The molecule has 1 aliphatic rings. The van der Waals surface area contributed by atoms with Gasteiger partial charge in [-0.3, -0.25) is 4.79 Å². The lowest BCUT2D eigenvalue weighted by Crippen LogP contribution is -2.42. The van der Waals surface area contributed by atoms with Crippen molar-refractivity contribution < 1.29 is 9.53 Å². The van der Waals surface area contributed by atoms with Gasteiger partial charge in [0.2, 0.25) is 5.91 Å². The first-order valence-electron chi connectivity index (χ1n) is 5.58. The van der Waals surface area contributed by atoms with Crippen molar-refractivity contribution in [2.45, 2.75) is 6.04 Å². The smallest absolute Gasteiger partial charge is 0.246 e. The Morgan fingerprint density at radius 3 is 3.00 bits per heavy atom. The molecule has 1 saturated heterocycles. The van der Waals surface area contributed by atoms with Gasteiger partial charge in [0, 0.05) is 16.0 Å². The van der Waals surface area contributed by atoms with Crippen LogP contribution in [0.5, 0.6) is 0 Å². The van der Waals surface area contributed by atoms with E-state index in [1.165, 1.54) is 6.08 Å². The number of benzene rings is 1. The first-order valence-corrected chi connectivity index (χ1v) is 6.75. The van der Waals surface area contributed by atoms with Crippen LogP contribution >= 0.6 is 27.5 Å². The van der Waals surface area contributed by atoms with Crippen LogP contribution in [0, 0.1) is 0 Å². The second-order valence-electron chi connectivity index (χ2n) is 4.03. The molecule has 0 aliphatic carbocycles. The van der Waals surface area contributed by atoms with E-state index in [-0.39, 0.29) is 11.9 Å². The molecule has 0 spiro atoms. The summed E-state index contributed by atoms with van der Waals surface area (Å²) in [7, 11) is 0. The molecule has 1 atom stereocenters. The third-order valence-electron chi connectivity index (χ3n) is 2.86. The summed E-state index contributed by atoms with van der Waals surface area (Å²) in [5.74, 6) is -0.0839. The predicted molar refractivity (Wildman–Crippen MR) is 74.6 cm³/mol. The van der Waals surface area contributed by atoms with E-state index in [9.17, 15) is 4.79 Å². The number of carbonyl (C=O) groups is 1. The van der Waals surface area contributed by atoms with Crippen molar-refractivity contribution in [2.75, 3.05) is 19.8 Å². The first kappa shape index (κ1) is 13.6. The topological polar surface area (TPSA) is 29.5 Å². The van der Waals surface area contributed by atoms with E-state index in [4.69, 9.17) is 16.3 Å². The molecule has 0 bridgehead atoms. The second kappa shape index (κ2) is 5.87. The zero-order valence-electron chi connectivity index (χ0n) is 9.73. The zero-order valence-corrected chi connectivity index (χ0v) is 12.1. The minimum Gasteiger partial charge on any atom is -0.377 e. The third kappa shape index (κ3) is 2.94. The summed E-state index contributed by atoms with van der Waals surface area (Å²) in [5, 5.41) is 0.635. The molecule has 0 N–H and O–H groups in total. The van der Waals surface area contributed by atoms with E-state index in [0.717, 1.165) is 10.0 Å². The average Bonchev–Trinajstić information content (AvgIpc) is 2.36. The van der Waals surface area contributed by atoms with Crippen LogP contribution in [0.2, 0.25) is 5.02 Å². The van der Waals surface area contributed by atoms with E-state index in [1.807, 2.05) is 18.2 Å². The van der Waals surface area contributed by atoms with Gasteiger partial charge in [0.15, 0.2) is 0 Å². The maximum Gasteiger partial charge on any atom is 0.246 e. The van der Waals surface area contributed by atoms with E-state index >= 15 is 0 Å². The van der Waals surface area contributed by atoms with Crippen LogP contribution in [0.15, 0.2) is 35.3 Å². The quantitative estimate of drug-likeness (QED) is 0.780. The monoisotopic (exact) mass is 329 g/mol. The lowest BCUT2D eigenvalue weighted by atomic mass is 10.0. The van der Waals surface area contributed by atoms with Crippen LogP contribution in [0.4, 0.5) is 0 Å². The molecule has 0 unspecified atom stereocenters. The van der Waals surface area contributed by atoms with Crippen molar-refractivity contribution in [2.24, 2.45) is 0 Å². The molecular formula is C13H13BrClNO2. The second-order valence-corrected chi connectivity index (χ2v) is 5.38. The van der Waals surface area contributed by atoms with E-state index in [0.29, 0.717) is 24.8 Å². The highest BCUT2D eigenvalue weighted by Gasteiger charge is 2.27. The van der Waals surface area contributed by atoms with Gasteiger partial charge in [-0.15, -0.1) is 0 Å². The number of hydrogen-bond donors (Lipinski definition) is 0. The lowest BCUT2D eigenvalue weighted by Gasteiger charge is -2.35. The maximum absolute atomic E-state index is 11.8. The van der Waals surface area contributed by atoms with Gasteiger partial charge in [-0.05, 0) is 29.8 Å². The Bertz CT molecular complexity index is 458. The zero-order chi connectivity index (χ0) is 13.1. The molecule has 1 aliphatic heterocycles. The molecule has 1 fully saturated rings. The number of rotatable bonds is 2. The number of morpholine rings is 1. The van der Waals surface area contributed by atoms with Crippen LogP contribution in [-0.4, -0.2) is 30.6 Å². The summed E-state index contributed by atoms with van der Waals surface area (Å²) in [6.07, 6.45) is 1.33. The Balaban J connectivity index is 2.33. The highest BCUT2D eigenvalue weighted by Crippen LogP contribution is 2.29. The van der Waals surface area contributed by atoms with Crippen molar-refractivity contribution in [3.05, 3.63) is 45.9 Å². The van der Waals surface area contributed by atoms with Gasteiger partial charge < -0.3 is 9.64 Å². The minimum atomic E-state index is -0.112. The van der Waals surface area contributed by atoms with E-state index in [1.54, 1.807) is 4.90 Å². The molecule has 5 heteroatoms. The molecule has 0 aromatic heterocycles. The molecule has 96 valence electrons. The molecular weight excluding hydrogens is 318 g/mol. The summed E-state index contributed by atoms with van der Waals surface area (Å²) < 4.78 is 6.34. The molecule has 1 amide bonds. The normalized spacial score (nSPS) is 19.7. The summed E-state index contributed by atoms with van der Waals surface area (Å²) in [6.45, 7) is 5.13. The molecule has 1 heterocycles. The maximum atomic E-state index is 11.8. The van der Waals surface area contributed by atoms with Gasteiger partial charge in [0.1, 0.15) is 0 Å². The van der Waals surface area contributed by atoms with Crippen LogP contribution in [-0.2, 0) is 9.53 Å². The molecule has 1 aromatic carbocycles. The fourth-order valence-corrected chi connectivity index (χ4v) is 2.91. The highest BCUT2D eigenvalue weighted by atomic mass is 79.9. The molecule has 0 saturated carbocycles. The van der Waals surface area contributed by atoms with E-state index in [2.05, 4.69) is 22.5 Å². The van der Waals surface area contributed by atoms with Crippen molar-refractivity contribution in [1.29, 1.82) is 0 Å². The third-order valence-corrected chi connectivity index (χ3v) is 3.53. The Labute approximate surface area is 119 Å². The van der Waals surface area contributed by atoms with Gasteiger partial charge in [-0.1, -0.05) is 34.1 Å². The molecule has 1 aromatic rings. The molecule has 0 radical (unpaired) electrons. The van der Waals surface area contributed by atoms with Crippen LogP contribution in [0.1, 0.15) is 11.6 Å². The van der Waals surface area contributed by atoms with Gasteiger partial charge in [0.05, 0.1) is 19.3 Å². The Morgan fingerprint density at radius 1 is 1.56 bits per heavy atom. The fourth-order valence-electron chi connectivity index (χ4n) is 2.03. The van der Waals surface area contributed by atoms with Gasteiger partial charge >= 0.3 is 0 Å². The number of halogens is 2. The van der Waals surface area contributed by atoms with Crippen molar-refractivity contribution in [1.82, 2.24) is 4.90 Å². The summed E-state index contributed by atoms with van der Waals surface area (Å²) in [4.78, 5) is 13.6. The van der Waals surface area contributed by atoms with Gasteiger partial charge in [-0.2, -0.15) is 0 Å². The van der Waals surface area contributed by atoms with Crippen molar-refractivity contribution in [3.63, 3.8) is 0 Å². The standard InChI is InChI=1S/C13H13BrClNO2/c1-2-13(17)16-3-4-18-8-12(16)9-5-10(14)7-11(15)6-9/h2,5-7,12H,1,3-4,8H2/t12-/m0/s1. The van der Waals surface area contributed by atoms with Gasteiger partial charge in [0.25, 0.3) is 0 Å². The number of amides is 1. The summed E-state index contributed by atoms with van der Waals surface area (Å²) in [5.41, 5.74) is 0.962. The van der Waals surface area contributed by atoms with Crippen LogP contribution in [0.3, 0.4) is 0 Å². The van der Waals surface area contributed by atoms with Crippen LogP contribution in [0.25, 0.3) is 0 Å². The highest BCUT2D eigenvalue weighted by molar-refractivity contribution is 9.10. The van der Waals surface area contributed by atoms with Crippen molar-refractivity contribution in [3.8, 4) is 0 Å². The molecule has 2 rings (SSSR count). The summed E-state index contributed by atoms with van der Waals surface area (Å²) >= 11 is 9.44. The van der Waals surface area contributed by atoms with Crippen molar-refractivity contribution >= 4 is 33.4 Å². The van der Waals surface area contributed by atoms with Crippen LogP contribution < -0.4 is 0 Å².